The van der Waals surface area contributed by atoms with E-state index < -0.39 is 29.6 Å². The number of piperidine rings is 1. The summed E-state index contributed by atoms with van der Waals surface area (Å²) in [6.45, 7) is 3.69. The average Bonchev–Trinajstić information content (AvgIpc) is 2.61. The Labute approximate surface area is 159 Å². The van der Waals surface area contributed by atoms with Gasteiger partial charge in [0, 0.05) is 21.9 Å². The van der Waals surface area contributed by atoms with Crippen LogP contribution in [0.5, 0.6) is 5.75 Å². The lowest BCUT2D eigenvalue weighted by Crippen LogP contribution is -2.57. The van der Waals surface area contributed by atoms with Crippen LogP contribution >= 0.6 is 15.9 Å². The van der Waals surface area contributed by atoms with E-state index in [1.54, 1.807) is 31.2 Å². The van der Waals surface area contributed by atoms with Crippen LogP contribution in [0.15, 0.2) is 46.9 Å². The van der Waals surface area contributed by atoms with Crippen LogP contribution in [-0.4, -0.2) is 17.8 Å². The zero-order chi connectivity index (χ0) is 18.6. The van der Waals surface area contributed by atoms with Crippen LogP contribution in [0.2, 0.25) is 0 Å². The van der Waals surface area contributed by atoms with Gasteiger partial charge in [0.1, 0.15) is 11.7 Å². The van der Waals surface area contributed by atoms with Gasteiger partial charge >= 0.3 is 5.97 Å². The number of fused-ring (bicyclic) bond motifs is 3. The summed E-state index contributed by atoms with van der Waals surface area (Å²) in [5.41, 5.74) is 2.21. The molecule has 2 aromatic carbocycles. The molecule has 2 aliphatic rings. The first-order valence-corrected chi connectivity index (χ1v) is 9.13. The van der Waals surface area contributed by atoms with E-state index in [0.29, 0.717) is 17.0 Å². The molecule has 0 unspecified atom stereocenters. The van der Waals surface area contributed by atoms with Crippen molar-refractivity contribution in [1.29, 1.82) is 0 Å². The van der Waals surface area contributed by atoms with Crippen molar-refractivity contribution in [2.24, 2.45) is 11.8 Å². The summed E-state index contributed by atoms with van der Waals surface area (Å²) in [4.78, 5) is 39.8. The summed E-state index contributed by atoms with van der Waals surface area (Å²) in [5, 5.41) is 0. The summed E-state index contributed by atoms with van der Waals surface area (Å²) in [6, 6.07) is 12.4. The van der Waals surface area contributed by atoms with Gasteiger partial charge in [0.25, 0.3) is 0 Å². The standard InChI is InChI=1S/C20H16BrNO4/c1-10-3-6-13(7-4-10)22-18(23)11(2)16-14-9-12(21)5-8-15(14)26-20(25)17(16)19(22)24/h3-9,11,16-17H,1-2H3/t11-,16+,17+/m1/s1. The molecule has 3 atom stereocenters. The van der Waals surface area contributed by atoms with E-state index in [1.807, 2.05) is 25.1 Å². The molecular weight excluding hydrogens is 398 g/mol. The highest BCUT2D eigenvalue weighted by Gasteiger charge is 2.54. The fourth-order valence-corrected chi connectivity index (χ4v) is 4.12. The lowest BCUT2D eigenvalue weighted by molar-refractivity contribution is -0.151. The van der Waals surface area contributed by atoms with E-state index in [4.69, 9.17) is 4.74 Å². The van der Waals surface area contributed by atoms with Crippen molar-refractivity contribution >= 4 is 39.4 Å². The number of halogens is 1. The third-order valence-electron chi connectivity index (χ3n) is 5.08. The number of esters is 1. The predicted octanol–water partition coefficient (Wildman–Crippen LogP) is 3.59. The highest BCUT2D eigenvalue weighted by Crippen LogP contribution is 2.47. The van der Waals surface area contributed by atoms with Crippen molar-refractivity contribution in [1.82, 2.24) is 0 Å². The first-order chi connectivity index (χ1) is 12.4. The molecule has 0 aliphatic carbocycles. The second kappa shape index (κ2) is 6.06. The largest absolute Gasteiger partial charge is 0.426 e. The molecule has 0 N–H and O–H groups in total. The normalized spacial score (nSPS) is 24.8. The van der Waals surface area contributed by atoms with E-state index >= 15 is 0 Å². The first kappa shape index (κ1) is 17.0. The minimum Gasteiger partial charge on any atom is -0.426 e. The Kier molecular flexibility index (Phi) is 3.95. The van der Waals surface area contributed by atoms with Gasteiger partial charge in [0.15, 0.2) is 0 Å². The van der Waals surface area contributed by atoms with Gasteiger partial charge in [-0.1, -0.05) is 40.5 Å². The number of amides is 2. The second-order valence-corrected chi connectivity index (χ2v) is 7.66. The molecule has 0 spiro atoms. The molecule has 5 nitrogen and oxygen atoms in total. The Morgan fingerprint density at radius 1 is 1.00 bits per heavy atom. The van der Waals surface area contributed by atoms with Crippen molar-refractivity contribution in [3.05, 3.63) is 58.1 Å². The molecule has 0 aromatic heterocycles. The molecule has 6 heteroatoms. The molecule has 2 aromatic rings. The maximum atomic E-state index is 13.1. The molecule has 1 fully saturated rings. The number of carbonyl (C=O) groups is 3. The number of hydrogen-bond donors (Lipinski definition) is 0. The van der Waals surface area contributed by atoms with Crippen molar-refractivity contribution in [2.45, 2.75) is 19.8 Å². The number of anilines is 1. The molecule has 0 bridgehead atoms. The van der Waals surface area contributed by atoms with Crippen LogP contribution in [0.1, 0.15) is 24.0 Å². The highest BCUT2D eigenvalue weighted by molar-refractivity contribution is 9.10. The summed E-state index contributed by atoms with van der Waals surface area (Å²) in [7, 11) is 0. The number of aryl methyl sites for hydroxylation is 1. The van der Waals surface area contributed by atoms with Crippen LogP contribution in [0, 0.1) is 18.8 Å². The summed E-state index contributed by atoms with van der Waals surface area (Å²) in [5.74, 6) is -3.10. The predicted molar refractivity (Wildman–Crippen MR) is 98.8 cm³/mol. The summed E-state index contributed by atoms with van der Waals surface area (Å²) < 4.78 is 6.20. The smallest absolute Gasteiger partial charge is 0.324 e. The van der Waals surface area contributed by atoms with Gasteiger partial charge in [-0.2, -0.15) is 0 Å². The Hall–Kier alpha value is -2.47. The van der Waals surface area contributed by atoms with E-state index in [-0.39, 0.29) is 5.91 Å². The van der Waals surface area contributed by atoms with Gasteiger partial charge < -0.3 is 4.74 Å². The van der Waals surface area contributed by atoms with Crippen LogP contribution in [0.4, 0.5) is 5.69 Å². The third kappa shape index (κ3) is 2.48. The number of carbonyl (C=O) groups excluding carboxylic acids is 3. The van der Waals surface area contributed by atoms with E-state index in [9.17, 15) is 14.4 Å². The Bertz CT molecular complexity index is 937. The lowest BCUT2D eigenvalue weighted by Gasteiger charge is -2.42. The zero-order valence-electron chi connectivity index (χ0n) is 14.2. The number of rotatable bonds is 1. The Morgan fingerprint density at radius 2 is 1.69 bits per heavy atom. The topological polar surface area (TPSA) is 63.7 Å². The van der Waals surface area contributed by atoms with Gasteiger partial charge in [0.05, 0.1) is 5.69 Å². The van der Waals surface area contributed by atoms with Gasteiger partial charge in [-0.25, -0.2) is 4.90 Å². The molecule has 132 valence electrons. The first-order valence-electron chi connectivity index (χ1n) is 8.34. The maximum absolute atomic E-state index is 13.1. The van der Waals surface area contributed by atoms with Crippen molar-refractivity contribution in [3.8, 4) is 5.75 Å². The molecule has 0 radical (unpaired) electrons. The van der Waals surface area contributed by atoms with Gasteiger partial charge in [0.2, 0.25) is 11.8 Å². The molecule has 0 saturated carbocycles. The SMILES string of the molecule is Cc1ccc(N2C(=O)[C@H]3C(=O)Oc4ccc(Br)cc4[C@@H]3[C@@H](C)C2=O)cc1. The monoisotopic (exact) mass is 413 g/mol. The Balaban J connectivity index is 1.82. The van der Waals surface area contributed by atoms with Crippen LogP contribution in [0.3, 0.4) is 0 Å². The summed E-state index contributed by atoms with van der Waals surface area (Å²) >= 11 is 3.41. The van der Waals surface area contributed by atoms with Gasteiger partial charge in [-0.05, 0) is 37.3 Å². The molecule has 1 saturated heterocycles. The van der Waals surface area contributed by atoms with Crippen molar-refractivity contribution in [2.75, 3.05) is 4.90 Å². The average molecular weight is 414 g/mol. The highest BCUT2D eigenvalue weighted by atomic mass is 79.9. The molecule has 2 heterocycles. The van der Waals surface area contributed by atoms with Gasteiger partial charge in [-0.15, -0.1) is 0 Å². The van der Waals surface area contributed by atoms with Crippen LogP contribution in [0.25, 0.3) is 0 Å². The molecule has 2 amide bonds. The number of imide groups is 1. The summed E-state index contributed by atoms with van der Waals surface area (Å²) in [6.07, 6.45) is 0. The second-order valence-electron chi connectivity index (χ2n) is 6.74. The minimum absolute atomic E-state index is 0.305. The third-order valence-corrected chi connectivity index (χ3v) is 5.58. The van der Waals surface area contributed by atoms with E-state index in [2.05, 4.69) is 15.9 Å². The van der Waals surface area contributed by atoms with Crippen LogP contribution in [-0.2, 0) is 14.4 Å². The van der Waals surface area contributed by atoms with E-state index in [1.165, 1.54) is 0 Å². The molecule has 4 rings (SSSR count). The molecular formula is C20H16BrNO4. The van der Waals surface area contributed by atoms with Crippen molar-refractivity contribution in [3.63, 3.8) is 0 Å². The van der Waals surface area contributed by atoms with Gasteiger partial charge in [-0.3, -0.25) is 14.4 Å². The fourth-order valence-electron chi connectivity index (χ4n) is 3.74. The lowest BCUT2D eigenvalue weighted by atomic mass is 9.72. The molecule has 26 heavy (non-hydrogen) atoms. The number of nitrogens with zero attached hydrogens (tertiary/aromatic N) is 1. The van der Waals surface area contributed by atoms with Crippen molar-refractivity contribution < 1.29 is 19.1 Å². The van der Waals surface area contributed by atoms with Crippen LogP contribution < -0.4 is 9.64 Å². The minimum atomic E-state index is -1.02. The number of benzene rings is 2. The molecule has 2 aliphatic heterocycles. The number of hydrogen-bond acceptors (Lipinski definition) is 4. The Morgan fingerprint density at radius 3 is 2.38 bits per heavy atom. The maximum Gasteiger partial charge on any atom is 0.324 e. The number of ether oxygens (including phenoxy) is 1. The zero-order valence-corrected chi connectivity index (χ0v) is 15.8. The quantitative estimate of drug-likeness (QED) is 0.310. The fraction of sp³-hybridized carbons (Fsp3) is 0.250. The van der Waals surface area contributed by atoms with E-state index in [0.717, 1.165) is 14.9 Å².